The van der Waals surface area contributed by atoms with Crippen molar-refractivity contribution in [3.63, 3.8) is 0 Å². The summed E-state index contributed by atoms with van der Waals surface area (Å²) in [5, 5.41) is 11.3. The van der Waals surface area contributed by atoms with Crippen LogP contribution in [-0.2, 0) is 6.42 Å². The number of aromatic nitrogens is 3. The third kappa shape index (κ3) is 3.31. The smallest absolute Gasteiger partial charge is 0.278 e. The van der Waals surface area contributed by atoms with Crippen molar-refractivity contribution in [2.24, 2.45) is 0 Å². The summed E-state index contributed by atoms with van der Waals surface area (Å²) in [4.78, 5) is 12.7. The van der Waals surface area contributed by atoms with Gasteiger partial charge >= 0.3 is 0 Å². The largest absolute Gasteiger partial charge is 0.320 e. The van der Waals surface area contributed by atoms with Crippen molar-refractivity contribution in [2.75, 3.05) is 5.32 Å². The molecule has 0 radical (unpaired) electrons. The van der Waals surface area contributed by atoms with Gasteiger partial charge < -0.3 is 5.32 Å². The maximum Gasteiger partial charge on any atom is 0.278 e. The Hall–Kier alpha value is -2.95. The van der Waals surface area contributed by atoms with E-state index in [1.165, 1.54) is 5.56 Å². The Balaban J connectivity index is 1.91. The number of anilines is 1. The first-order valence-corrected chi connectivity index (χ1v) is 8.40. The van der Waals surface area contributed by atoms with Crippen LogP contribution < -0.4 is 5.32 Å². The van der Waals surface area contributed by atoms with Gasteiger partial charge in [0.1, 0.15) is 0 Å². The second-order valence-electron chi connectivity index (χ2n) is 6.19. The molecule has 128 valence electrons. The highest BCUT2D eigenvalue weighted by atomic mass is 16.2. The number of nitrogens with zero attached hydrogens (tertiary/aromatic N) is 3. The van der Waals surface area contributed by atoms with Crippen molar-refractivity contribution >= 4 is 11.6 Å². The third-order valence-corrected chi connectivity index (χ3v) is 4.37. The number of rotatable bonds is 4. The summed E-state index contributed by atoms with van der Waals surface area (Å²) >= 11 is 0. The lowest BCUT2D eigenvalue weighted by Crippen LogP contribution is -2.16. The van der Waals surface area contributed by atoms with Gasteiger partial charge in [0.05, 0.1) is 11.4 Å². The van der Waals surface area contributed by atoms with E-state index >= 15 is 0 Å². The van der Waals surface area contributed by atoms with Gasteiger partial charge in [0.15, 0.2) is 5.69 Å². The number of carbonyl (C=O) groups is 1. The van der Waals surface area contributed by atoms with E-state index in [9.17, 15) is 4.79 Å². The number of carbonyl (C=O) groups excluding carboxylic acids is 1. The normalized spacial score (nSPS) is 10.7. The standard InChI is InChI=1S/C20H22N4O/c1-5-16-8-6-7-14(3)18(16)21-20(25)19-15(4)24(23-22-19)17-11-9-13(2)10-12-17/h6-12H,5H2,1-4H3,(H,21,25). The molecule has 0 saturated carbocycles. The third-order valence-electron chi connectivity index (χ3n) is 4.37. The monoisotopic (exact) mass is 334 g/mol. The molecule has 0 unspecified atom stereocenters. The van der Waals surface area contributed by atoms with Crippen LogP contribution in [0.25, 0.3) is 5.69 Å². The molecule has 3 aromatic rings. The first kappa shape index (κ1) is 16.9. The predicted molar refractivity (Wildman–Crippen MR) is 99.3 cm³/mol. The fourth-order valence-electron chi connectivity index (χ4n) is 2.84. The zero-order valence-corrected chi connectivity index (χ0v) is 15.0. The number of aryl methyl sites for hydroxylation is 3. The molecular weight excluding hydrogens is 312 g/mol. The van der Waals surface area contributed by atoms with Crippen molar-refractivity contribution in [2.45, 2.75) is 34.1 Å². The molecule has 25 heavy (non-hydrogen) atoms. The molecule has 1 aromatic heterocycles. The van der Waals surface area contributed by atoms with Crippen molar-refractivity contribution < 1.29 is 4.79 Å². The molecular formula is C20H22N4O. The van der Waals surface area contributed by atoms with E-state index in [1.54, 1.807) is 4.68 Å². The van der Waals surface area contributed by atoms with Gasteiger partial charge in [-0.25, -0.2) is 4.68 Å². The van der Waals surface area contributed by atoms with Gasteiger partial charge in [0.2, 0.25) is 0 Å². The minimum absolute atomic E-state index is 0.236. The van der Waals surface area contributed by atoms with E-state index in [1.807, 2.05) is 63.2 Å². The van der Waals surface area contributed by atoms with Crippen LogP contribution in [0, 0.1) is 20.8 Å². The van der Waals surface area contributed by atoms with Crippen molar-refractivity contribution in [1.29, 1.82) is 0 Å². The summed E-state index contributed by atoms with van der Waals surface area (Å²) in [5.41, 5.74) is 6.12. The summed E-state index contributed by atoms with van der Waals surface area (Å²) in [6.07, 6.45) is 0.854. The first-order valence-electron chi connectivity index (χ1n) is 8.40. The summed E-state index contributed by atoms with van der Waals surface area (Å²) in [6, 6.07) is 14.0. The number of hydrogen-bond donors (Lipinski definition) is 1. The summed E-state index contributed by atoms with van der Waals surface area (Å²) < 4.78 is 1.69. The fraction of sp³-hybridized carbons (Fsp3) is 0.250. The number of nitrogens with one attached hydrogen (secondary N) is 1. The minimum Gasteiger partial charge on any atom is -0.320 e. The van der Waals surface area contributed by atoms with Crippen LogP contribution in [0.5, 0.6) is 0 Å². The fourth-order valence-corrected chi connectivity index (χ4v) is 2.84. The zero-order chi connectivity index (χ0) is 18.0. The van der Waals surface area contributed by atoms with Crippen LogP contribution >= 0.6 is 0 Å². The molecule has 0 aliphatic rings. The molecule has 0 fully saturated rings. The Morgan fingerprint density at radius 2 is 1.80 bits per heavy atom. The molecule has 0 saturated heterocycles. The molecule has 1 heterocycles. The quantitative estimate of drug-likeness (QED) is 0.784. The lowest BCUT2D eigenvalue weighted by atomic mass is 10.1. The van der Waals surface area contributed by atoms with Crippen LogP contribution in [0.2, 0.25) is 0 Å². The number of hydrogen-bond acceptors (Lipinski definition) is 3. The van der Waals surface area contributed by atoms with Crippen molar-refractivity contribution in [3.05, 3.63) is 70.5 Å². The summed E-state index contributed by atoms with van der Waals surface area (Å²) in [6.45, 7) is 7.95. The highest BCUT2D eigenvalue weighted by Crippen LogP contribution is 2.22. The summed E-state index contributed by atoms with van der Waals surface area (Å²) in [5.74, 6) is -0.236. The molecule has 1 amide bonds. The maximum absolute atomic E-state index is 12.7. The van der Waals surface area contributed by atoms with E-state index in [0.717, 1.165) is 28.9 Å². The van der Waals surface area contributed by atoms with E-state index in [2.05, 4.69) is 22.6 Å². The SMILES string of the molecule is CCc1cccc(C)c1NC(=O)c1nnn(-c2ccc(C)cc2)c1C. The Morgan fingerprint density at radius 1 is 1.08 bits per heavy atom. The number of benzene rings is 2. The minimum atomic E-state index is -0.236. The number of para-hydroxylation sites is 1. The van der Waals surface area contributed by atoms with Crippen LogP contribution in [0.4, 0.5) is 5.69 Å². The van der Waals surface area contributed by atoms with Crippen LogP contribution in [0.1, 0.15) is 39.8 Å². The Kier molecular flexibility index (Phi) is 4.65. The molecule has 2 aromatic carbocycles. The molecule has 3 rings (SSSR count). The molecule has 0 aliphatic carbocycles. The first-order chi connectivity index (χ1) is 12.0. The Labute approximate surface area is 147 Å². The van der Waals surface area contributed by atoms with Gasteiger partial charge in [-0.2, -0.15) is 0 Å². The predicted octanol–water partition coefficient (Wildman–Crippen LogP) is 4.01. The van der Waals surface area contributed by atoms with Crippen molar-refractivity contribution in [1.82, 2.24) is 15.0 Å². The highest BCUT2D eigenvalue weighted by molar-refractivity contribution is 6.04. The maximum atomic E-state index is 12.7. The molecule has 0 bridgehead atoms. The average Bonchev–Trinajstić information content (AvgIpc) is 2.99. The van der Waals surface area contributed by atoms with Crippen molar-refractivity contribution in [3.8, 4) is 5.69 Å². The van der Waals surface area contributed by atoms with E-state index in [-0.39, 0.29) is 5.91 Å². The topological polar surface area (TPSA) is 59.8 Å². The average molecular weight is 334 g/mol. The van der Waals surface area contributed by atoms with Crippen LogP contribution in [-0.4, -0.2) is 20.9 Å². The van der Waals surface area contributed by atoms with E-state index in [0.29, 0.717) is 11.4 Å². The lowest BCUT2D eigenvalue weighted by molar-refractivity contribution is 0.102. The van der Waals surface area contributed by atoms with Gasteiger partial charge in [0.25, 0.3) is 5.91 Å². The highest BCUT2D eigenvalue weighted by Gasteiger charge is 2.19. The zero-order valence-electron chi connectivity index (χ0n) is 15.0. The molecule has 5 nitrogen and oxygen atoms in total. The lowest BCUT2D eigenvalue weighted by Gasteiger charge is -2.12. The second kappa shape index (κ2) is 6.89. The molecule has 5 heteroatoms. The number of amides is 1. The molecule has 0 atom stereocenters. The second-order valence-corrected chi connectivity index (χ2v) is 6.19. The van der Waals surface area contributed by atoms with Gasteiger partial charge in [-0.1, -0.05) is 48.0 Å². The summed E-state index contributed by atoms with van der Waals surface area (Å²) in [7, 11) is 0. The van der Waals surface area contributed by atoms with E-state index < -0.39 is 0 Å². The Morgan fingerprint density at radius 3 is 2.48 bits per heavy atom. The van der Waals surface area contributed by atoms with Gasteiger partial charge in [0, 0.05) is 5.69 Å². The van der Waals surface area contributed by atoms with Crippen LogP contribution in [0.3, 0.4) is 0 Å². The van der Waals surface area contributed by atoms with E-state index in [4.69, 9.17) is 0 Å². The molecule has 1 N–H and O–H groups in total. The van der Waals surface area contributed by atoms with Gasteiger partial charge in [-0.3, -0.25) is 4.79 Å². The van der Waals surface area contributed by atoms with Gasteiger partial charge in [-0.15, -0.1) is 5.10 Å². The van der Waals surface area contributed by atoms with Crippen LogP contribution in [0.15, 0.2) is 42.5 Å². The van der Waals surface area contributed by atoms with Gasteiger partial charge in [-0.05, 0) is 50.5 Å². The molecule has 0 aliphatic heterocycles. The molecule has 0 spiro atoms. The Bertz CT molecular complexity index is 910.